The molecule has 3 atom stereocenters. The standard InChI is InChI=1S/C17H26O7/c1-11(18)24-17-8-16(21-9-15(2,3)10-22-16)7-12(17)5-6-13(17)23-14(19)20-4/h12-13H,5-10H2,1-4H3/t12-,13-,17-/m0/s1. The van der Waals surface area contributed by atoms with E-state index in [2.05, 4.69) is 18.6 Å². The SMILES string of the molecule is COC(=O)O[C@H]1CC[C@H]2CC3(C[C@]21OC(C)=O)OCC(C)(C)CO3. The fraction of sp³-hybridized carbons (Fsp3) is 0.882. The monoisotopic (exact) mass is 342 g/mol. The van der Waals surface area contributed by atoms with Crippen LogP contribution in [0.2, 0.25) is 0 Å². The first-order valence-electron chi connectivity index (χ1n) is 8.42. The molecule has 0 N–H and O–H groups in total. The Bertz CT molecular complexity index is 519. The largest absolute Gasteiger partial charge is 0.508 e. The van der Waals surface area contributed by atoms with Crippen LogP contribution in [0.1, 0.15) is 46.5 Å². The average Bonchev–Trinajstić information content (AvgIpc) is 2.96. The first-order chi connectivity index (χ1) is 11.2. The van der Waals surface area contributed by atoms with Gasteiger partial charge < -0.3 is 23.7 Å². The Hall–Kier alpha value is -1.34. The maximum Gasteiger partial charge on any atom is 0.508 e. The first-order valence-corrected chi connectivity index (χ1v) is 8.42. The van der Waals surface area contributed by atoms with Crippen LogP contribution in [0.15, 0.2) is 0 Å². The number of methoxy groups -OCH3 is 1. The van der Waals surface area contributed by atoms with Crippen LogP contribution in [0.3, 0.4) is 0 Å². The van der Waals surface area contributed by atoms with Crippen LogP contribution in [0.4, 0.5) is 4.79 Å². The molecule has 0 aromatic rings. The van der Waals surface area contributed by atoms with Crippen molar-refractivity contribution < 1.29 is 33.3 Å². The number of hydrogen-bond acceptors (Lipinski definition) is 7. The minimum atomic E-state index is -0.901. The van der Waals surface area contributed by atoms with E-state index in [4.69, 9.17) is 18.9 Å². The summed E-state index contributed by atoms with van der Waals surface area (Å²) in [5.74, 6) is -1.13. The molecule has 24 heavy (non-hydrogen) atoms. The van der Waals surface area contributed by atoms with E-state index >= 15 is 0 Å². The van der Waals surface area contributed by atoms with Crippen LogP contribution in [0.25, 0.3) is 0 Å². The molecule has 1 saturated heterocycles. The van der Waals surface area contributed by atoms with Crippen LogP contribution in [0.5, 0.6) is 0 Å². The van der Waals surface area contributed by atoms with Crippen molar-refractivity contribution in [3.8, 4) is 0 Å². The summed E-state index contributed by atoms with van der Waals surface area (Å²) in [5, 5.41) is 0. The molecule has 0 bridgehead atoms. The van der Waals surface area contributed by atoms with Crippen molar-refractivity contribution in [1.29, 1.82) is 0 Å². The highest BCUT2D eigenvalue weighted by Gasteiger charge is 2.67. The van der Waals surface area contributed by atoms with Crippen LogP contribution in [-0.4, -0.2) is 49.9 Å². The molecule has 3 rings (SSSR count). The van der Waals surface area contributed by atoms with Gasteiger partial charge in [0.25, 0.3) is 0 Å². The molecule has 7 nitrogen and oxygen atoms in total. The summed E-state index contributed by atoms with van der Waals surface area (Å²) < 4.78 is 27.9. The predicted molar refractivity (Wildman–Crippen MR) is 82.1 cm³/mol. The van der Waals surface area contributed by atoms with E-state index in [1.54, 1.807) is 0 Å². The second-order valence-electron chi connectivity index (χ2n) is 7.92. The van der Waals surface area contributed by atoms with Gasteiger partial charge in [0.2, 0.25) is 0 Å². The molecule has 3 aliphatic rings. The molecular formula is C17H26O7. The molecule has 7 heteroatoms. The smallest absolute Gasteiger partial charge is 0.455 e. The van der Waals surface area contributed by atoms with Crippen LogP contribution < -0.4 is 0 Å². The Balaban J connectivity index is 1.83. The van der Waals surface area contributed by atoms with E-state index < -0.39 is 29.6 Å². The number of esters is 1. The maximum atomic E-state index is 11.7. The fourth-order valence-corrected chi connectivity index (χ4v) is 4.24. The third-order valence-electron chi connectivity index (χ3n) is 5.31. The number of carbonyl (C=O) groups excluding carboxylic acids is 2. The van der Waals surface area contributed by atoms with E-state index in [0.29, 0.717) is 32.5 Å². The average molecular weight is 342 g/mol. The van der Waals surface area contributed by atoms with Crippen molar-refractivity contribution in [2.45, 2.75) is 63.9 Å². The maximum absolute atomic E-state index is 11.7. The van der Waals surface area contributed by atoms with Gasteiger partial charge in [0.15, 0.2) is 11.4 Å². The van der Waals surface area contributed by atoms with Gasteiger partial charge in [-0.1, -0.05) is 13.8 Å². The van der Waals surface area contributed by atoms with Gasteiger partial charge in [-0.3, -0.25) is 4.79 Å². The zero-order valence-electron chi connectivity index (χ0n) is 14.8. The van der Waals surface area contributed by atoms with E-state index in [-0.39, 0.29) is 11.3 Å². The highest BCUT2D eigenvalue weighted by molar-refractivity contribution is 5.67. The zero-order valence-corrected chi connectivity index (χ0v) is 14.8. The molecular weight excluding hydrogens is 316 g/mol. The Morgan fingerprint density at radius 3 is 2.38 bits per heavy atom. The lowest BCUT2D eigenvalue weighted by atomic mass is 9.92. The molecule has 3 fully saturated rings. The predicted octanol–water partition coefficient (Wildman–Crippen LogP) is 2.41. The van der Waals surface area contributed by atoms with Gasteiger partial charge in [-0.2, -0.15) is 0 Å². The molecule has 2 saturated carbocycles. The second kappa shape index (κ2) is 5.88. The quantitative estimate of drug-likeness (QED) is 0.713. The summed E-state index contributed by atoms with van der Waals surface area (Å²) in [5.41, 5.74) is -0.943. The summed E-state index contributed by atoms with van der Waals surface area (Å²) in [6, 6.07) is 0. The number of carbonyl (C=O) groups is 2. The van der Waals surface area contributed by atoms with Gasteiger partial charge in [-0.05, 0) is 12.8 Å². The van der Waals surface area contributed by atoms with E-state index in [1.807, 2.05) is 0 Å². The van der Waals surface area contributed by atoms with Crippen LogP contribution >= 0.6 is 0 Å². The second-order valence-corrected chi connectivity index (χ2v) is 7.92. The molecule has 0 unspecified atom stereocenters. The van der Waals surface area contributed by atoms with Crippen molar-refractivity contribution in [2.75, 3.05) is 20.3 Å². The fourth-order valence-electron chi connectivity index (χ4n) is 4.24. The number of ether oxygens (including phenoxy) is 5. The third kappa shape index (κ3) is 2.99. The Morgan fingerprint density at radius 2 is 1.79 bits per heavy atom. The lowest BCUT2D eigenvalue weighted by Gasteiger charge is -2.43. The van der Waals surface area contributed by atoms with Gasteiger partial charge in [-0.15, -0.1) is 0 Å². The highest BCUT2D eigenvalue weighted by atomic mass is 16.7. The first kappa shape index (κ1) is 17.5. The third-order valence-corrected chi connectivity index (χ3v) is 5.31. The Labute approximate surface area is 141 Å². The minimum Gasteiger partial charge on any atom is -0.455 e. The summed E-state index contributed by atoms with van der Waals surface area (Å²) in [4.78, 5) is 23.3. The zero-order chi connectivity index (χ0) is 17.6. The van der Waals surface area contributed by atoms with E-state index in [0.717, 1.165) is 6.42 Å². The lowest BCUT2D eigenvalue weighted by Crippen LogP contribution is -2.51. The van der Waals surface area contributed by atoms with Crippen molar-refractivity contribution in [3.05, 3.63) is 0 Å². The van der Waals surface area contributed by atoms with Crippen molar-refractivity contribution in [2.24, 2.45) is 11.3 Å². The molecule has 1 spiro atoms. The number of hydrogen-bond donors (Lipinski definition) is 0. The van der Waals surface area contributed by atoms with Gasteiger partial charge >= 0.3 is 12.1 Å². The molecule has 0 radical (unpaired) electrons. The van der Waals surface area contributed by atoms with Gasteiger partial charge in [0, 0.05) is 31.1 Å². The Morgan fingerprint density at radius 1 is 1.12 bits per heavy atom. The number of fused-ring (bicyclic) bond motifs is 1. The number of rotatable bonds is 2. The van der Waals surface area contributed by atoms with E-state index in [9.17, 15) is 9.59 Å². The van der Waals surface area contributed by atoms with Crippen molar-refractivity contribution in [3.63, 3.8) is 0 Å². The molecule has 1 heterocycles. The van der Waals surface area contributed by atoms with Crippen LogP contribution in [-0.2, 0) is 28.5 Å². The summed E-state index contributed by atoms with van der Waals surface area (Å²) in [7, 11) is 1.26. The molecule has 136 valence electrons. The van der Waals surface area contributed by atoms with Gasteiger partial charge in [0.1, 0.15) is 6.10 Å². The summed E-state index contributed by atoms with van der Waals surface area (Å²) in [6.07, 6.45) is 1.13. The van der Waals surface area contributed by atoms with E-state index in [1.165, 1.54) is 14.0 Å². The molecule has 1 aliphatic heterocycles. The molecule has 0 aromatic heterocycles. The molecule has 0 amide bonds. The molecule has 2 aliphatic carbocycles. The minimum absolute atomic E-state index is 0.0391. The highest BCUT2D eigenvalue weighted by Crippen LogP contribution is 2.57. The van der Waals surface area contributed by atoms with Crippen molar-refractivity contribution in [1.82, 2.24) is 0 Å². The van der Waals surface area contributed by atoms with Gasteiger partial charge in [0.05, 0.1) is 20.3 Å². The molecule has 0 aromatic carbocycles. The summed E-state index contributed by atoms with van der Waals surface area (Å²) in [6.45, 7) is 6.70. The lowest BCUT2D eigenvalue weighted by molar-refractivity contribution is -0.302. The normalized spacial score (nSPS) is 36.2. The Kier molecular flexibility index (Phi) is 4.28. The van der Waals surface area contributed by atoms with Gasteiger partial charge in [-0.25, -0.2) is 4.79 Å². The topological polar surface area (TPSA) is 80.3 Å². The van der Waals surface area contributed by atoms with Crippen LogP contribution in [0, 0.1) is 11.3 Å². The summed E-state index contributed by atoms with van der Waals surface area (Å²) >= 11 is 0. The van der Waals surface area contributed by atoms with Crippen molar-refractivity contribution >= 4 is 12.1 Å².